The number of Topliss-reactive ketones (excluding diaryl/α,β-unsaturated/α-hetero) is 1. The standard InChI is InChI=1S/C29H41N5O6/c1-17(2)21(23(35)25-32-27(33-40-25)29(5,6)7)30-24(36)20-14-11-15-34(20)26(37)22(18(3)4)31-28(38)39-16-19-12-9-8-10-13-19/h8-10,12-13,17-18,20-22H,11,14-16H2,1-7H3,(H,30,36)(H,31,38)/t20-,21?,22-/m0/s1. The number of nitrogens with one attached hydrogen (secondary N) is 2. The number of carbonyl (C=O) groups is 4. The number of carbonyl (C=O) groups excluding carboxylic acids is 4. The van der Waals surface area contributed by atoms with Crippen molar-refractivity contribution in [2.24, 2.45) is 11.8 Å². The highest BCUT2D eigenvalue weighted by Gasteiger charge is 2.41. The number of ketones is 1. The Bertz CT molecular complexity index is 1190. The fraction of sp³-hybridized carbons (Fsp3) is 0.586. The lowest BCUT2D eigenvalue weighted by Gasteiger charge is -2.31. The summed E-state index contributed by atoms with van der Waals surface area (Å²) < 4.78 is 10.5. The van der Waals surface area contributed by atoms with Crippen molar-refractivity contribution < 1.29 is 28.4 Å². The molecule has 1 aromatic carbocycles. The van der Waals surface area contributed by atoms with Crippen molar-refractivity contribution in [1.29, 1.82) is 0 Å². The second-order valence-corrected chi connectivity index (χ2v) is 11.9. The Morgan fingerprint density at radius 1 is 1.02 bits per heavy atom. The molecule has 0 spiro atoms. The molecule has 1 fully saturated rings. The maximum Gasteiger partial charge on any atom is 0.408 e. The molecular formula is C29H41N5O6. The van der Waals surface area contributed by atoms with Crippen LogP contribution in [-0.2, 0) is 26.3 Å². The number of rotatable bonds is 10. The molecule has 0 radical (unpaired) electrons. The molecule has 40 heavy (non-hydrogen) atoms. The molecule has 1 aliphatic heterocycles. The third kappa shape index (κ3) is 7.67. The quantitative estimate of drug-likeness (QED) is 0.423. The van der Waals surface area contributed by atoms with Gasteiger partial charge in [-0.3, -0.25) is 14.4 Å². The summed E-state index contributed by atoms with van der Waals surface area (Å²) in [6, 6.07) is 6.66. The Hall–Kier alpha value is -3.76. The first-order chi connectivity index (χ1) is 18.8. The van der Waals surface area contributed by atoms with Gasteiger partial charge in [-0.25, -0.2) is 4.79 Å². The van der Waals surface area contributed by atoms with Crippen molar-refractivity contribution in [3.8, 4) is 0 Å². The maximum absolute atomic E-state index is 13.6. The number of hydrogen-bond acceptors (Lipinski definition) is 8. The van der Waals surface area contributed by atoms with Crippen molar-refractivity contribution in [3.63, 3.8) is 0 Å². The number of likely N-dealkylation sites (tertiary alicyclic amines) is 1. The first-order valence-electron chi connectivity index (χ1n) is 13.8. The highest BCUT2D eigenvalue weighted by molar-refractivity contribution is 6.00. The van der Waals surface area contributed by atoms with Gasteiger partial charge in [-0.2, -0.15) is 4.98 Å². The minimum absolute atomic E-state index is 0.0718. The third-order valence-corrected chi connectivity index (χ3v) is 6.81. The van der Waals surface area contributed by atoms with Gasteiger partial charge in [0.1, 0.15) is 18.7 Å². The van der Waals surface area contributed by atoms with Gasteiger partial charge in [0.05, 0.1) is 6.04 Å². The smallest absolute Gasteiger partial charge is 0.408 e. The second-order valence-electron chi connectivity index (χ2n) is 11.9. The minimum atomic E-state index is -0.912. The van der Waals surface area contributed by atoms with Crippen LogP contribution in [0.1, 0.15) is 83.4 Å². The van der Waals surface area contributed by atoms with Crippen molar-refractivity contribution >= 4 is 23.7 Å². The lowest BCUT2D eigenvalue weighted by Crippen LogP contribution is -2.57. The van der Waals surface area contributed by atoms with E-state index in [0.717, 1.165) is 5.56 Å². The predicted molar refractivity (Wildman–Crippen MR) is 147 cm³/mol. The largest absolute Gasteiger partial charge is 0.445 e. The lowest BCUT2D eigenvalue weighted by molar-refractivity contribution is -0.141. The summed E-state index contributed by atoms with van der Waals surface area (Å²) in [7, 11) is 0. The molecule has 2 heterocycles. The lowest BCUT2D eigenvalue weighted by atomic mass is 9.96. The predicted octanol–water partition coefficient (Wildman–Crippen LogP) is 3.63. The van der Waals surface area contributed by atoms with Crippen molar-refractivity contribution in [3.05, 3.63) is 47.6 Å². The Labute approximate surface area is 235 Å². The van der Waals surface area contributed by atoms with Gasteiger partial charge in [-0.1, -0.05) is 84.0 Å². The van der Waals surface area contributed by atoms with Crippen LogP contribution in [0.15, 0.2) is 34.9 Å². The number of benzene rings is 1. The van der Waals surface area contributed by atoms with Crippen LogP contribution in [0.5, 0.6) is 0 Å². The molecule has 0 bridgehead atoms. The molecule has 1 aliphatic rings. The molecule has 2 N–H and O–H groups in total. The van der Waals surface area contributed by atoms with Crippen LogP contribution in [0, 0.1) is 11.8 Å². The monoisotopic (exact) mass is 555 g/mol. The Balaban J connectivity index is 1.67. The third-order valence-electron chi connectivity index (χ3n) is 6.81. The van der Waals surface area contributed by atoms with Crippen LogP contribution in [0.25, 0.3) is 0 Å². The summed E-state index contributed by atoms with van der Waals surface area (Å²) in [5.41, 5.74) is 0.420. The molecule has 3 rings (SSSR count). The number of alkyl carbamates (subject to hydrolysis) is 1. The van der Waals surface area contributed by atoms with E-state index in [1.54, 1.807) is 13.8 Å². The van der Waals surface area contributed by atoms with Crippen molar-refractivity contribution in [2.75, 3.05) is 6.54 Å². The van der Waals surface area contributed by atoms with Gasteiger partial charge in [-0.05, 0) is 30.2 Å². The first kappa shape index (κ1) is 30.8. The SMILES string of the molecule is CC(C)C(NC(=O)[C@@H]1CCCN1C(=O)[C@@H](NC(=O)OCc1ccccc1)C(C)C)C(=O)c1nc(C(C)(C)C)no1. The van der Waals surface area contributed by atoms with E-state index in [9.17, 15) is 19.2 Å². The van der Waals surface area contributed by atoms with Crippen LogP contribution in [-0.4, -0.2) is 63.4 Å². The molecular weight excluding hydrogens is 514 g/mol. The van der Waals surface area contributed by atoms with E-state index in [0.29, 0.717) is 25.2 Å². The highest BCUT2D eigenvalue weighted by Crippen LogP contribution is 2.23. The van der Waals surface area contributed by atoms with Crippen LogP contribution in [0.4, 0.5) is 4.79 Å². The first-order valence-corrected chi connectivity index (χ1v) is 13.8. The molecule has 11 nitrogen and oxygen atoms in total. The van der Waals surface area contributed by atoms with Gasteiger partial charge in [0.15, 0.2) is 5.82 Å². The van der Waals surface area contributed by atoms with E-state index in [4.69, 9.17) is 9.26 Å². The number of amides is 3. The van der Waals surface area contributed by atoms with E-state index >= 15 is 0 Å². The summed E-state index contributed by atoms with van der Waals surface area (Å²) in [5, 5.41) is 9.40. The van der Waals surface area contributed by atoms with E-state index < -0.39 is 41.3 Å². The average Bonchev–Trinajstić information content (AvgIpc) is 3.59. The molecule has 11 heteroatoms. The van der Waals surface area contributed by atoms with Gasteiger partial charge in [0.2, 0.25) is 17.6 Å². The average molecular weight is 556 g/mol. The van der Waals surface area contributed by atoms with Gasteiger partial charge in [-0.15, -0.1) is 0 Å². The highest BCUT2D eigenvalue weighted by atomic mass is 16.5. The fourth-order valence-electron chi connectivity index (χ4n) is 4.43. The molecule has 3 amide bonds. The van der Waals surface area contributed by atoms with E-state index in [2.05, 4.69) is 20.8 Å². The van der Waals surface area contributed by atoms with Gasteiger partial charge < -0.3 is 24.8 Å². The molecule has 218 valence electrons. The summed E-state index contributed by atoms with van der Waals surface area (Å²) in [4.78, 5) is 58.4. The fourth-order valence-corrected chi connectivity index (χ4v) is 4.43. The topological polar surface area (TPSA) is 144 Å². The number of aromatic nitrogens is 2. The summed E-state index contributed by atoms with van der Waals surface area (Å²) >= 11 is 0. The Kier molecular flexibility index (Phi) is 10.1. The minimum Gasteiger partial charge on any atom is -0.445 e. The van der Waals surface area contributed by atoms with Crippen molar-refractivity contribution in [2.45, 2.75) is 91.5 Å². The Morgan fingerprint density at radius 2 is 1.68 bits per heavy atom. The molecule has 1 aromatic heterocycles. The summed E-state index contributed by atoms with van der Waals surface area (Å²) in [5.74, 6) is -1.58. The second kappa shape index (κ2) is 13.1. The molecule has 0 aliphatic carbocycles. The van der Waals surface area contributed by atoms with E-state index in [1.165, 1.54) is 4.90 Å². The van der Waals surface area contributed by atoms with Gasteiger partial charge in [0.25, 0.3) is 5.89 Å². The Morgan fingerprint density at radius 3 is 2.25 bits per heavy atom. The van der Waals surface area contributed by atoms with Crippen LogP contribution in [0.2, 0.25) is 0 Å². The molecule has 2 aromatic rings. The zero-order valence-corrected chi connectivity index (χ0v) is 24.4. The number of ether oxygens (including phenoxy) is 1. The zero-order chi connectivity index (χ0) is 29.6. The molecule has 0 saturated carbocycles. The summed E-state index contributed by atoms with van der Waals surface area (Å²) in [6.45, 7) is 13.4. The van der Waals surface area contributed by atoms with E-state index in [1.807, 2.05) is 65.0 Å². The van der Waals surface area contributed by atoms with Gasteiger partial charge in [0, 0.05) is 12.0 Å². The van der Waals surface area contributed by atoms with Crippen LogP contribution in [0.3, 0.4) is 0 Å². The summed E-state index contributed by atoms with van der Waals surface area (Å²) in [6.07, 6.45) is 0.344. The number of nitrogens with zero attached hydrogens (tertiary/aromatic N) is 3. The normalized spacial score (nSPS) is 17.0. The van der Waals surface area contributed by atoms with Gasteiger partial charge >= 0.3 is 6.09 Å². The molecule has 3 atom stereocenters. The molecule has 1 saturated heterocycles. The van der Waals surface area contributed by atoms with E-state index in [-0.39, 0.29) is 30.2 Å². The van der Waals surface area contributed by atoms with Crippen molar-refractivity contribution in [1.82, 2.24) is 25.7 Å². The van der Waals surface area contributed by atoms with Crippen LogP contribution < -0.4 is 10.6 Å². The number of hydrogen-bond donors (Lipinski definition) is 2. The van der Waals surface area contributed by atoms with Crippen LogP contribution >= 0.6 is 0 Å². The zero-order valence-electron chi connectivity index (χ0n) is 24.4. The maximum atomic E-state index is 13.6. The molecule has 1 unspecified atom stereocenters.